The number of rotatable bonds is 13. The van der Waals surface area contributed by atoms with E-state index in [1.807, 2.05) is 84.9 Å². The second-order valence-corrected chi connectivity index (χ2v) is 10.1. The van der Waals surface area contributed by atoms with E-state index in [1.54, 1.807) is 14.0 Å². The number of nitrogens with one attached hydrogen (secondary N) is 3. The zero-order valence-electron chi connectivity index (χ0n) is 23.7. The van der Waals surface area contributed by atoms with Gasteiger partial charge in [0.05, 0.1) is 30.9 Å². The van der Waals surface area contributed by atoms with E-state index in [1.165, 1.54) is 12.1 Å². The molecule has 4 aromatic carbocycles. The number of hydrogen-bond acceptors (Lipinski definition) is 5. The number of halogens is 1. The van der Waals surface area contributed by atoms with Crippen LogP contribution in [0.4, 0.5) is 4.39 Å². The Labute approximate surface area is 245 Å². The number of aliphatic hydroxyl groups excluding tert-OH is 1. The minimum absolute atomic E-state index is 0.114. The van der Waals surface area contributed by atoms with Crippen LogP contribution in [-0.4, -0.2) is 42.7 Å². The fraction of sp³-hybridized carbons (Fsp3) is 0.235. The Morgan fingerprint density at radius 1 is 0.833 bits per heavy atom. The molecule has 0 saturated carbocycles. The van der Waals surface area contributed by atoms with Gasteiger partial charge in [-0.15, -0.1) is 0 Å². The molecule has 0 saturated heterocycles. The quantitative estimate of drug-likeness (QED) is 0.185. The molecule has 0 aliphatic rings. The predicted octanol–water partition coefficient (Wildman–Crippen LogP) is 4.82. The van der Waals surface area contributed by atoms with E-state index in [0.717, 1.165) is 28.5 Å². The van der Waals surface area contributed by atoms with Crippen LogP contribution in [0.2, 0.25) is 0 Å². The van der Waals surface area contributed by atoms with Crippen LogP contribution in [0.5, 0.6) is 5.75 Å². The van der Waals surface area contributed by atoms with Gasteiger partial charge in [0, 0.05) is 18.7 Å². The second-order valence-electron chi connectivity index (χ2n) is 10.1. The third-order valence-electron chi connectivity index (χ3n) is 7.02. The molecule has 4 N–H and O–H groups in total. The highest BCUT2D eigenvalue weighted by molar-refractivity contribution is 6.00. The highest BCUT2D eigenvalue weighted by Gasteiger charge is 2.24. The first-order chi connectivity index (χ1) is 20.3. The Kier molecular flexibility index (Phi) is 10.8. The summed E-state index contributed by atoms with van der Waals surface area (Å²) in [7, 11) is 1.61. The summed E-state index contributed by atoms with van der Waals surface area (Å²) < 4.78 is 20.0. The van der Waals surface area contributed by atoms with Crippen molar-refractivity contribution in [1.29, 1.82) is 0 Å². The Morgan fingerprint density at radius 3 is 2.24 bits per heavy atom. The average Bonchev–Trinajstić information content (AvgIpc) is 3.01. The number of ether oxygens (including phenoxy) is 1. The average molecular weight is 570 g/mol. The Hall–Kier alpha value is -4.53. The van der Waals surface area contributed by atoms with Gasteiger partial charge in [-0.3, -0.25) is 9.59 Å². The molecule has 4 rings (SSSR count). The summed E-state index contributed by atoms with van der Waals surface area (Å²) in [6.45, 7) is 2.52. The van der Waals surface area contributed by atoms with Gasteiger partial charge in [-0.05, 0) is 60.4 Å². The van der Waals surface area contributed by atoms with Gasteiger partial charge in [0.2, 0.25) is 0 Å². The van der Waals surface area contributed by atoms with Gasteiger partial charge in [0.1, 0.15) is 11.6 Å². The van der Waals surface area contributed by atoms with E-state index in [-0.39, 0.29) is 23.7 Å². The summed E-state index contributed by atoms with van der Waals surface area (Å²) in [6.07, 6.45) is -0.563. The summed E-state index contributed by atoms with van der Waals surface area (Å²) in [5, 5.41) is 20.0. The molecule has 0 bridgehead atoms. The molecule has 7 nitrogen and oxygen atoms in total. The van der Waals surface area contributed by atoms with Gasteiger partial charge in [0.15, 0.2) is 0 Å². The van der Waals surface area contributed by atoms with Crippen LogP contribution in [0.15, 0.2) is 103 Å². The van der Waals surface area contributed by atoms with Crippen LogP contribution in [0.25, 0.3) is 0 Å². The van der Waals surface area contributed by atoms with Gasteiger partial charge in [-0.2, -0.15) is 0 Å². The summed E-state index contributed by atoms with van der Waals surface area (Å²) in [5.41, 5.74) is 2.68. The lowest BCUT2D eigenvalue weighted by atomic mass is 10.00. The monoisotopic (exact) mass is 569 g/mol. The van der Waals surface area contributed by atoms with E-state index in [0.29, 0.717) is 13.0 Å². The molecule has 4 aromatic rings. The number of benzene rings is 4. The summed E-state index contributed by atoms with van der Waals surface area (Å²) in [4.78, 5) is 26.3. The van der Waals surface area contributed by atoms with Crippen molar-refractivity contribution in [3.63, 3.8) is 0 Å². The maximum absolute atomic E-state index is 14.7. The van der Waals surface area contributed by atoms with E-state index < -0.39 is 29.8 Å². The molecule has 3 atom stereocenters. The van der Waals surface area contributed by atoms with Crippen molar-refractivity contribution in [2.75, 3.05) is 13.7 Å². The van der Waals surface area contributed by atoms with E-state index in [9.17, 15) is 19.1 Å². The van der Waals surface area contributed by atoms with E-state index in [4.69, 9.17) is 4.74 Å². The molecule has 0 spiro atoms. The molecule has 0 fully saturated rings. The Morgan fingerprint density at radius 2 is 1.52 bits per heavy atom. The van der Waals surface area contributed by atoms with Crippen LogP contribution in [-0.2, 0) is 13.0 Å². The molecule has 42 heavy (non-hydrogen) atoms. The molecule has 0 aromatic heterocycles. The Balaban J connectivity index is 1.45. The number of carbonyl (C=O) groups is 2. The van der Waals surface area contributed by atoms with Gasteiger partial charge in [-0.1, -0.05) is 72.8 Å². The lowest BCUT2D eigenvalue weighted by Crippen LogP contribution is -2.48. The minimum Gasteiger partial charge on any atom is -0.497 e. The van der Waals surface area contributed by atoms with Crippen molar-refractivity contribution in [3.8, 4) is 5.75 Å². The predicted molar refractivity (Wildman–Crippen MR) is 161 cm³/mol. The summed E-state index contributed by atoms with van der Waals surface area (Å²) in [6, 6.07) is 29.1. The lowest BCUT2D eigenvalue weighted by Gasteiger charge is -2.25. The molecular formula is C34H36FN3O4. The fourth-order valence-electron chi connectivity index (χ4n) is 4.63. The maximum Gasteiger partial charge on any atom is 0.254 e. The maximum atomic E-state index is 14.7. The van der Waals surface area contributed by atoms with Crippen LogP contribution >= 0.6 is 0 Å². The molecule has 2 amide bonds. The summed E-state index contributed by atoms with van der Waals surface area (Å²) >= 11 is 0. The fourth-order valence-corrected chi connectivity index (χ4v) is 4.63. The molecule has 0 aliphatic carbocycles. The second kappa shape index (κ2) is 14.9. The molecule has 0 aliphatic heterocycles. The number of methoxy groups -OCH3 is 1. The SMILES string of the molecule is COc1cccc(CNC[C@@H](O)[C@H](Cc2ccccc2)NC(=O)c2ccc(F)c(C(=O)N[C@H](C)c3ccccc3)c2)c1. The zero-order chi connectivity index (χ0) is 29.9. The van der Waals surface area contributed by atoms with Crippen LogP contribution in [0.1, 0.15) is 50.4 Å². The largest absolute Gasteiger partial charge is 0.497 e. The highest BCUT2D eigenvalue weighted by atomic mass is 19.1. The van der Waals surface area contributed by atoms with Crippen molar-refractivity contribution < 1.29 is 23.8 Å². The van der Waals surface area contributed by atoms with Crippen molar-refractivity contribution in [2.24, 2.45) is 0 Å². The standard InChI is InChI=1S/C34H36FN3O4/c1-23(26-13-7-4-8-14-26)37-34(41)29-20-27(16-17-30(29)35)33(40)38-31(19-24-10-5-3-6-11-24)32(39)22-36-21-25-12-9-15-28(18-25)42-2/h3-18,20,23,31-32,36,39H,19,21-22H2,1-2H3,(H,37,41)(H,38,40)/t23-,31+,32-/m1/s1. The number of hydrogen-bond donors (Lipinski definition) is 4. The topological polar surface area (TPSA) is 99.7 Å². The summed E-state index contributed by atoms with van der Waals surface area (Å²) in [5.74, 6) is -1.13. The number of aliphatic hydroxyl groups is 1. The molecule has 218 valence electrons. The molecular weight excluding hydrogens is 533 g/mol. The van der Waals surface area contributed by atoms with Gasteiger partial charge in [-0.25, -0.2) is 4.39 Å². The third kappa shape index (κ3) is 8.49. The first kappa shape index (κ1) is 30.4. The van der Waals surface area contributed by atoms with Crippen LogP contribution < -0.4 is 20.7 Å². The van der Waals surface area contributed by atoms with Crippen molar-refractivity contribution in [2.45, 2.75) is 38.1 Å². The van der Waals surface area contributed by atoms with Crippen molar-refractivity contribution in [3.05, 3.63) is 137 Å². The van der Waals surface area contributed by atoms with Crippen molar-refractivity contribution in [1.82, 2.24) is 16.0 Å². The molecule has 0 heterocycles. The van der Waals surface area contributed by atoms with Crippen LogP contribution in [0.3, 0.4) is 0 Å². The minimum atomic E-state index is -0.935. The lowest BCUT2D eigenvalue weighted by molar-refractivity contribution is 0.0830. The number of carbonyl (C=O) groups excluding carboxylic acids is 2. The van der Waals surface area contributed by atoms with Crippen molar-refractivity contribution >= 4 is 11.8 Å². The highest BCUT2D eigenvalue weighted by Crippen LogP contribution is 2.17. The zero-order valence-corrected chi connectivity index (χ0v) is 23.7. The Bertz CT molecular complexity index is 1470. The number of amides is 2. The van der Waals surface area contributed by atoms with Gasteiger partial charge >= 0.3 is 0 Å². The van der Waals surface area contributed by atoms with Gasteiger partial charge < -0.3 is 25.8 Å². The third-order valence-corrected chi connectivity index (χ3v) is 7.02. The van der Waals surface area contributed by atoms with Gasteiger partial charge in [0.25, 0.3) is 11.8 Å². The normalized spacial score (nSPS) is 13.0. The molecule has 0 radical (unpaired) electrons. The first-order valence-corrected chi connectivity index (χ1v) is 13.9. The first-order valence-electron chi connectivity index (χ1n) is 13.9. The molecule has 0 unspecified atom stereocenters. The van der Waals surface area contributed by atoms with Crippen LogP contribution in [0, 0.1) is 5.82 Å². The smallest absolute Gasteiger partial charge is 0.254 e. The molecule has 8 heteroatoms. The van der Waals surface area contributed by atoms with E-state index >= 15 is 0 Å². The van der Waals surface area contributed by atoms with E-state index in [2.05, 4.69) is 16.0 Å².